The van der Waals surface area contributed by atoms with Crippen molar-refractivity contribution in [3.05, 3.63) is 80.6 Å². The summed E-state index contributed by atoms with van der Waals surface area (Å²) in [6.07, 6.45) is 0. The Hall–Kier alpha value is -2.75. The topological polar surface area (TPSA) is 71.8 Å². The first-order valence-corrected chi connectivity index (χ1v) is 11.9. The largest absolute Gasteiger partial charge is 0.332 e. The zero-order chi connectivity index (χ0) is 23.1. The molecule has 2 heterocycles. The van der Waals surface area contributed by atoms with Crippen LogP contribution in [0.15, 0.2) is 60.7 Å². The van der Waals surface area contributed by atoms with Crippen LogP contribution in [-0.2, 0) is 0 Å². The molecule has 33 heavy (non-hydrogen) atoms. The van der Waals surface area contributed by atoms with E-state index in [1.165, 1.54) is 16.1 Å². The van der Waals surface area contributed by atoms with Crippen molar-refractivity contribution in [3.8, 4) is 5.69 Å². The van der Waals surface area contributed by atoms with Crippen LogP contribution < -0.4 is 10.6 Å². The number of carbonyl (C=O) groups excluding carboxylic acids is 1. The van der Waals surface area contributed by atoms with Crippen molar-refractivity contribution >= 4 is 96.2 Å². The van der Waals surface area contributed by atoms with Gasteiger partial charge in [-0.25, -0.2) is 0 Å². The highest BCUT2D eigenvalue weighted by Gasteiger charge is 2.18. The number of benzene rings is 3. The number of hydrogen-bond acceptors (Lipinski definition) is 5. The first-order valence-electron chi connectivity index (χ1n) is 9.50. The lowest BCUT2D eigenvalue weighted by Crippen LogP contribution is -2.33. The SMILES string of the molecule is O=C(NC(=S)Nc1ccc2nn(-c3ccc(Cl)cc3)nc2c1)c1sc2cc(Cl)ccc2c1Cl. The average Bonchev–Trinajstić information content (AvgIpc) is 3.34. The molecule has 1 amide bonds. The van der Waals surface area contributed by atoms with Gasteiger partial charge in [0.15, 0.2) is 5.11 Å². The van der Waals surface area contributed by atoms with E-state index in [9.17, 15) is 4.79 Å². The van der Waals surface area contributed by atoms with E-state index in [1.807, 2.05) is 18.2 Å². The number of nitrogens with zero attached hydrogens (tertiary/aromatic N) is 3. The molecule has 0 unspecified atom stereocenters. The van der Waals surface area contributed by atoms with E-state index in [0.29, 0.717) is 36.7 Å². The number of thiophene rings is 1. The van der Waals surface area contributed by atoms with Crippen LogP contribution in [0.2, 0.25) is 15.1 Å². The molecule has 0 aliphatic heterocycles. The quantitative estimate of drug-likeness (QED) is 0.252. The number of anilines is 1. The van der Waals surface area contributed by atoms with Gasteiger partial charge in [0.25, 0.3) is 5.91 Å². The summed E-state index contributed by atoms with van der Waals surface area (Å²) in [6, 6.07) is 17.9. The molecule has 0 saturated carbocycles. The van der Waals surface area contributed by atoms with Gasteiger partial charge < -0.3 is 5.32 Å². The van der Waals surface area contributed by atoms with E-state index in [0.717, 1.165) is 15.8 Å². The highest BCUT2D eigenvalue weighted by atomic mass is 35.5. The second kappa shape index (κ2) is 8.89. The molecule has 5 rings (SSSR count). The fourth-order valence-corrected chi connectivity index (χ4v) is 5.21. The van der Waals surface area contributed by atoms with Crippen molar-refractivity contribution in [2.24, 2.45) is 0 Å². The molecule has 6 nitrogen and oxygen atoms in total. The van der Waals surface area contributed by atoms with Crippen LogP contribution in [0.25, 0.3) is 26.8 Å². The van der Waals surface area contributed by atoms with Crippen molar-refractivity contribution in [1.82, 2.24) is 20.3 Å². The third-order valence-corrected chi connectivity index (χ3v) is 7.07. The molecule has 11 heteroatoms. The standard InChI is InChI=1S/C22H12Cl3N5OS2/c23-11-1-5-14(6-2-11)30-28-16-8-4-13(10-17(16)29-30)26-22(32)27-21(31)20-19(25)15-7-3-12(24)9-18(15)33-20/h1-10H,(H2,26,27,31,32). The third kappa shape index (κ3) is 4.53. The number of amides is 1. The van der Waals surface area contributed by atoms with Crippen LogP contribution in [0.3, 0.4) is 0 Å². The lowest BCUT2D eigenvalue weighted by atomic mass is 10.2. The summed E-state index contributed by atoms with van der Waals surface area (Å²) in [4.78, 5) is 14.6. The van der Waals surface area contributed by atoms with Crippen LogP contribution in [0, 0.1) is 0 Å². The van der Waals surface area contributed by atoms with Crippen molar-refractivity contribution in [3.63, 3.8) is 0 Å². The van der Waals surface area contributed by atoms with Gasteiger partial charge in [-0.05, 0) is 66.8 Å². The van der Waals surface area contributed by atoms with E-state index >= 15 is 0 Å². The van der Waals surface area contributed by atoms with E-state index in [2.05, 4.69) is 20.8 Å². The van der Waals surface area contributed by atoms with Gasteiger partial charge in [-0.1, -0.05) is 40.9 Å². The van der Waals surface area contributed by atoms with Gasteiger partial charge >= 0.3 is 0 Å². The number of halogens is 3. The van der Waals surface area contributed by atoms with Gasteiger partial charge in [-0.15, -0.1) is 21.5 Å². The highest BCUT2D eigenvalue weighted by molar-refractivity contribution is 7.80. The Morgan fingerprint density at radius 2 is 1.64 bits per heavy atom. The molecule has 0 aliphatic rings. The summed E-state index contributed by atoms with van der Waals surface area (Å²) < 4.78 is 0.825. The van der Waals surface area contributed by atoms with E-state index in [1.54, 1.807) is 42.5 Å². The van der Waals surface area contributed by atoms with Gasteiger partial charge in [0.05, 0.1) is 10.7 Å². The van der Waals surface area contributed by atoms with E-state index in [-0.39, 0.29) is 5.11 Å². The van der Waals surface area contributed by atoms with Crippen LogP contribution in [-0.4, -0.2) is 26.0 Å². The van der Waals surface area contributed by atoms with Gasteiger partial charge in [-0.2, -0.15) is 4.80 Å². The fourth-order valence-electron chi connectivity index (χ4n) is 3.19. The monoisotopic (exact) mass is 531 g/mol. The summed E-state index contributed by atoms with van der Waals surface area (Å²) in [5.41, 5.74) is 2.81. The lowest BCUT2D eigenvalue weighted by molar-refractivity contribution is 0.0982. The average molecular weight is 533 g/mol. The van der Waals surface area contributed by atoms with Gasteiger partial charge in [0.1, 0.15) is 15.9 Å². The number of aromatic nitrogens is 3. The van der Waals surface area contributed by atoms with Crippen molar-refractivity contribution in [2.45, 2.75) is 0 Å². The summed E-state index contributed by atoms with van der Waals surface area (Å²) >= 11 is 24.9. The maximum atomic E-state index is 12.7. The minimum absolute atomic E-state index is 0.135. The zero-order valence-electron chi connectivity index (χ0n) is 16.5. The molecular formula is C22H12Cl3N5OS2. The molecule has 0 atom stereocenters. The van der Waals surface area contributed by atoms with Gasteiger partial charge in [-0.3, -0.25) is 10.1 Å². The number of fused-ring (bicyclic) bond motifs is 2. The molecule has 0 fully saturated rings. The first-order chi connectivity index (χ1) is 15.9. The highest BCUT2D eigenvalue weighted by Crippen LogP contribution is 2.36. The minimum atomic E-state index is -0.399. The van der Waals surface area contributed by atoms with E-state index < -0.39 is 5.91 Å². The second-order valence-electron chi connectivity index (χ2n) is 6.96. The summed E-state index contributed by atoms with van der Waals surface area (Å²) in [5, 5.41) is 17.1. The molecule has 5 aromatic rings. The predicted molar refractivity (Wildman–Crippen MR) is 139 cm³/mol. The van der Waals surface area contributed by atoms with Crippen LogP contribution in [0.4, 0.5) is 5.69 Å². The maximum Gasteiger partial charge on any atom is 0.269 e. The summed E-state index contributed by atoms with van der Waals surface area (Å²) in [7, 11) is 0. The second-order valence-corrected chi connectivity index (χ2v) is 9.67. The van der Waals surface area contributed by atoms with E-state index in [4.69, 9.17) is 47.0 Å². The number of carbonyl (C=O) groups is 1. The molecule has 0 bridgehead atoms. The Labute approximate surface area is 212 Å². The third-order valence-electron chi connectivity index (χ3n) is 4.72. The number of nitrogens with one attached hydrogen (secondary N) is 2. The van der Waals surface area contributed by atoms with Gasteiger partial charge in [0, 0.05) is 25.8 Å². The molecule has 0 spiro atoms. The Bertz CT molecular complexity index is 1550. The van der Waals surface area contributed by atoms with Crippen molar-refractivity contribution in [2.75, 3.05) is 5.32 Å². The Morgan fingerprint density at radius 1 is 0.909 bits per heavy atom. The summed E-state index contributed by atoms with van der Waals surface area (Å²) in [6.45, 7) is 0. The Morgan fingerprint density at radius 3 is 2.42 bits per heavy atom. The lowest BCUT2D eigenvalue weighted by Gasteiger charge is -2.08. The number of thiocarbonyl (C=S) groups is 1. The van der Waals surface area contributed by atoms with Crippen LogP contribution in [0.1, 0.15) is 9.67 Å². The van der Waals surface area contributed by atoms with Crippen molar-refractivity contribution in [1.29, 1.82) is 0 Å². The predicted octanol–water partition coefficient (Wildman–Crippen LogP) is 6.72. The van der Waals surface area contributed by atoms with Gasteiger partial charge in [0.2, 0.25) is 0 Å². The molecule has 0 saturated heterocycles. The molecular weight excluding hydrogens is 521 g/mol. The Balaban J connectivity index is 1.32. The molecule has 2 N–H and O–H groups in total. The molecule has 2 aromatic heterocycles. The summed E-state index contributed by atoms with van der Waals surface area (Å²) in [5.74, 6) is -0.399. The molecule has 164 valence electrons. The van der Waals surface area contributed by atoms with Crippen LogP contribution >= 0.6 is 58.4 Å². The fraction of sp³-hybridized carbons (Fsp3) is 0. The maximum absolute atomic E-state index is 12.7. The van der Waals surface area contributed by atoms with Crippen molar-refractivity contribution < 1.29 is 4.79 Å². The zero-order valence-corrected chi connectivity index (χ0v) is 20.4. The Kier molecular flexibility index (Phi) is 5.94. The first kappa shape index (κ1) is 22.1. The van der Waals surface area contributed by atoms with Crippen LogP contribution in [0.5, 0.6) is 0 Å². The minimum Gasteiger partial charge on any atom is -0.332 e. The molecule has 0 radical (unpaired) electrons. The smallest absolute Gasteiger partial charge is 0.269 e. The number of rotatable bonds is 3. The molecule has 0 aliphatic carbocycles. The molecule has 3 aromatic carbocycles. The normalized spacial score (nSPS) is 11.1. The number of hydrogen-bond donors (Lipinski definition) is 2.